The number of carboxylic acid groups (broad SMARTS) is 1. The maximum absolute atomic E-state index is 13.2. The van der Waals surface area contributed by atoms with Crippen LogP contribution in [0.15, 0.2) is 33.9 Å². The molecule has 5 heterocycles. The molecule has 3 N–H and O–H groups in total. The van der Waals surface area contributed by atoms with Gasteiger partial charge in [0.2, 0.25) is 11.1 Å². The zero-order valence-corrected chi connectivity index (χ0v) is 20.2. The number of thiophene rings is 1. The highest BCUT2D eigenvalue weighted by Crippen LogP contribution is 2.41. The van der Waals surface area contributed by atoms with Crippen LogP contribution < -0.4 is 5.32 Å². The summed E-state index contributed by atoms with van der Waals surface area (Å²) >= 11 is 2.56. The number of aromatic nitrogens is 8. The normalized spacial score (nSPS) is 21.3. The standard InChI is InChI=1S/C18H18N10O6S2/c1-33-18(19-12(29)5-10-3-2-4-35-10)15(32)28-13(14(30)31)9(7-34-16(18)28)8-36-17-22-25-26-27(17)6-11-20-23-24-21-11/h2-4,16H,5-8H2,1H3,(H,19,29)(H,30,31)(H,20,21,23,24). The Bertz CT molecular complexity index is 1310. The highest BCUT2D eigenvalue weighted by molar-refractivity contribution is 7.99. The number of fused-ring (bicyclic) bond motifs is 1. The first kappa shape index (κ1) is 24.0. The SMILES string of the molecule is COC1(NC(=O)Cc2cccs2)C(=O)N2C(C(=O)O)=C(CSc3nnnn3Cc3nnn[nH]3)COC21. The highest BCUT2D eigenvalue weighted by Gasteiger charge is 2.67. The molecule has 18 heteroatoms. The van der Waals surface area contributed by atoms with Gasteiger partial charge in [0.1, 0.15) is 12.2 Å². The molecule has 0 radical (unpaired) electrons. The van der Waals surface area contributed by atoms with Crippen LogP contribution >= 0.6 is 23.1 Å². The molecule has 0 saturated carbocycles. The summed E-state index contributed by atoms with van der Waals surface area (Å²) in [6.07, 6.45) is -1.09. The van der Waals surface area contributed by atoms with Crippen molar-refractivity contribution >= 4 is 40.9 Å². The molecule has 188 valence electrons. The zero-order chi connectivity index (χ0) is 25.3. The second kappa shape index (κ2) is 9.72. The number of ether oxygens (including phenoxy) is 2. The maximum Gasteiger partial charge on any atom is 0.352 e. The predicted molar refractivity (Wildman–Crippen MR) is 119 cm³/mol. The number of rotatable bonds is 10. The van der Waals surface area contributed by atoms with Crippen LogP contribution in [-0.2, 0) is 36.8 Å². The minimum Gasteiger partial charge on any atom is -0.477 e. The van der Waals surface area contributed by atoms with Crippen LogP contribution in [0.3, 0.4) is 0 Å². The van der Waals surface area contributed by atoms with Gasteiger partial charge in [-0.2, -0.15) is 0 Å². The van der Waals surface area contributed by atoms with Crippen LogP contribution in [0.4, 0.5) is 0 Å². The van der Waals surface area contributed by atoms with Crippen molar-refractivity contribution in [2.75, 3.05) is 19.5 Å². The lowest BCUT2D eigenvalue weighted by atomic mass is 9.94. The van der Waals surface area contributed by atoms with Crippen molar-refractivity contribution in [1.82, 2.24) is 51.0 Å². The second-order valence-corrected chi connectivity index (χ2v) is 9.57. The summed E-state index contributed by atoms with van der Waals surface area (Å²) < 4.78 is 12.6. The molecule has 2 atom stereocenters. The lowest BCUT2D eigenvalue weighted by Gasteiger charge is -2.55. The van der Waals surface area contributed by atoms with Gasteiger partial charge in [-0.05, 0) is 37.9 Å². The lowest BCUT2D eigenvalue weighted by molar-refractivity contribution is -0.258. The molecular weight excluding hydrogens is 516 g/mol. The number of methoxy groups -OCH3 is 1. The predicted octanol–water partition coefficient (Wildman–Crippen LogP) is -1.37. The Morgan fingerprint density at radius 3 is 2.97 bits per heavy atom. The summed E-state index contributed by atoms with van der Waals surface area (Å²) in [6, 6.07) is 3.61. The minimum absolute atomic E-state index is 0.0468. The third-order valence-corrected chi connectivity index (χ3v) is 7.36. The van der Waals surface area contributed by atoms with Crippen molar-refractivity contribution in [2.24, 2.45) is 0 Å². The van der Waals surface area contributed by atoms with Gasteiger partial charge in [-0.15, -0.1) is 21.5 Å². The first-order valence-corrected chi connectivity index (χ1v) is 12.2. The zero-order valence-electron chi connectivity index (χ0n) is 18.5. The van der Waals surface area contributed by atoms with Crippen molar-refractivity contribution in [3.63, 3.8) is 0 Å². The lowest BCUT2D eigenvalue weighted by Crippen LogP contribution is -2.82. The molecule has 2 unspecified atom stereocenters. The molecule has 2 aliphatic rings. The van der Waals surface area contributed by atoms with Gasteiger partial charge in [-0.1, -0.05) is 17.8 Å². The van der Waals surface area contributed by atoms with E-state index in [0.717, 1.165) is 21.5 Å². The fraction of sp³-hybridized carbons (Fsp3) is 0.389. The Morgan fingerprint density at radius 2 is 2.28 bits per heavy atom. The van der Waals surface area contributed by atoms with E-state index in [1.807, 2.05) is 11.4 Å². The Hall–Kier alpha value is -3.74. The summed E-state index contributed by atoms with van der Waals surface area (Å²) in [5, 5.41) is 39.5. The molecule has 5 rings (SSSR count). The summed E-state index contributed by atoms with van der Waals surface area (Å²) in [4.78, 5) is 39.7. The van der Waals surface area contributed by atoms with Crippen LogP contribution in [0.2, 0.25) is 0 Å². The van der Waals surface area contributed by atoms with Crippen molar-refractivity contribution in [3.05, 3.63) is 39.5 Å². The molecular formula is C18H18N10O6S2. The smallest absolute Gasteiger partial charge is 0.352 e. The number of hydrogen-bond donors (Lipinski definition) is 3. The number of nitrogens with one attached hydrogen (secondary N) is 2. The van der Waals surface area contributed by atoms with Gasteiger partial charge < -0.3 is 19.9 Å². The van der Waals surface area contributed by atoms with Crippen LogP contribution in [-0.4, -0.2) is 100 Å². The van der Waals surface area contributed by atoms with E-state index in [1.165, 1.54) is 23.1 Å². The number of aliphatic carboxylic acids is 1. The summed E-state index contributed by atoms with van der Waals surface area (Å²) in [7, 11) is 1.25. The largest absolute Gasteiger partial charge is 0.477 e. The van der Waals surface area contributed by atoms with Crippen molar-refractivity contribution in [2.45, 2.75) is 30.1 Å². The van der Waals surface area contributed by atoms with Crippen LogP contribution in [0.25, 0.3) is 0 Å². The first-order valence-electron chi connectivity index (χ1n) is 10.3. The summed E-state index contributed by atoms with van der Waals surface area (Å²) in [5.41, 5.74) is -1.71. The molecule has 0 bridgehead atoms. The third-order valence-electron chi connectivity index (χ3n) is 5.44. The van der Waals surface area contributed by atoms with E-state index in [9.17, 15) is 19.5 Å². The van der Waals surface area contributed by atoms with Gasteiger partial charge in [-0.25, -0.2) is 14.6 Å². The summed E-state index contributed by atoms with van der Waals surface area (Å²) in [5.74, 6) is -1.95. The molecule has 1 fully saturated rings. The maximum atomic E-state index is 13.2. The molecule has 0 aromatic carbocycles. The molecule has 1 saturated heterocycles. The van der Waals surface area contributed by atoms with Crippen LogP contribution in [0.1, 0.15) is 10.7 Å². The number of carbonyl (C=O) groups excluding carboxylic acids is 2. The highest BCUT2D eigenvalue weighted by atomic mass is 32.2. The number of amides is 2. The van der Waals surface area contributed by atoms with Gasteiger partial charge in [-0.3, -0.25) is 14.5 Å². The molecule has 2 amide bonds. The van der Waals surface area contributed by atoms with Crippen LogP contribution in [0, 0.1) is 0 Å². The Balaban J connectivity index is 1.31. The van der Waals surface area contributed by atoms with Crippen molar-refractivity contribution in [1.29, 1.82) is 0 Å². The molecule has 0 spiro atoms. The number of nitrogens with zero attached hydrogens (tertiary/aromatic N) is 8. The Morgan fingerprint density at radius 1 is 1.42 bits per heavy atom. The fourth-order valence-corrected chi connectivity index (χ4v) is 5.39. The van der Waals surface area contributed by atoms with E-state index < -0.39 is 29.7 Å². The molecule has 3 aromatic heterocycles. The molecule has 0 aliphatic carbocycles. The van der Waals surface area contributed by atoms with E-state index in [0.29, 0.717) is 16.6 Å². The third kappa shape index (κ3) is 4.23. The van der Waals surface area contributed by atoms with Gasteiger partial charge in [0.25, 0.3) is 11.6 Å². The van der Waals surface area contributed by atoms with Crippen molar-refractivity contribution in [3.8, 4) is 0 Å². The average Bonchev–Trinajstić information content (AvgIpc) is 3.65. The number of carbonyl (C=O) groups is 3. The molecule has 2 aliphatic heterocycles. The quantitative estimate of drug-likeness (QED) is 0.156. The number of β-lactam (4-membered cyclic amide) rings is 1. The molecule has 3 aromatic rings. The van der Waals surface area contributed by atoms with E-state index in [4.69, 9.17) is 9.47 Å². The van der Waals surface area contributed by atoms with Gasteiger partial charge >= 0.3 is 5.97 Å². The number of thioether (sulfide) groups is 1. The summed E-state index contributed by atoms with van der Waals surface area (Å²) in [6.45, 7) is 0.0699. The van der Waals surface area contributed by atoms with E-state index >= 15 is 0 Å². The Kier molecular flexibility index (Phi) is 6.48. The Labute approximate surface area is 210 Å². The van der Waals surface area contributed by atoms with Crippen molar-refractivity contribution < 1.29 is 29.0 Å². The average molecular weight is 535 g/mol. The molecule has 16 nitrogen and oxygen atoms in total. The molecule has 36 heavy (non-hydrogen) atoms. The van der Waals surface area contributed by atoms with Gasteiger partial charge in [0, 0.05) is 17.7 Å². The van der Waals surface area contributed by atoms with E-state index in [-0.39, 0.29) is 31.0 Å². The number of hydrogen-bond acceptors (Lipinski definition) is 13. The topological polar surface area (TPSA) is 203 Å². The van der Waals surface area contributed by atoms with Gasteiger partial charge in [0.15, 0.2) is 12.1 Å². The number of H-pyrrole nitrogens is 1. The van der Waals surface area contributed by atoms with Crippen LogP contribution in [0.5, 0.6) is 0 Å². The van der Waals surface area contributed by atoms with E-state index in [1.54, 1.807) is 6.07 Å². The monoisotopic (exact) mass is 534 g/mol. The number of carboxylic acids is 1. The number of aromatic amines is 1. The fourth-order valence-electron chi connectivity index (χ4n) is 3.82. The first-order chi connectivity index (χ1) is 17.4. The number of tetrazole rings is 2. The van der Waals surface area contributed by atoms with E-state index in [2.05, 4.69) is 41.5 Å². The minimum atomic E-state index is -1.82. The van der Waals surface area contributed by atoms with Gasteiger partial charge in [0.05, 0.1) is 13.0 Å². The second-order valence-electron chi connectivity index (χ2n) is 7.60.